The molecule has 1 unspecified atom stereocenters. The average molecular weight is 294 g/mol. The largest absolute Gasteiger partial charge is 0.508 e. The molecule has 100 valence electrons. The highest BCUT2D eigenvalue weighted by molar-refractivity contribution is 7.10. The van der Waals surface area contributed by atoms with E-state index < -0.39 is 0 Å². The second-order valence-corrected chi connectivity index (χ2v) is 6.33. The molecule has 2 N–H and O–H groups in total. The Labute approximate surface area is 122 Å². The Morgan fingerprint density at radius 2 is 2.26 bits per heavy atom. The number of nitrogens with one attached hydrogen (secondary N) is 1. The van der Waals surface area contributed by atoms with E-state index in [4.69, 9.17) is 11.6 Å². The van der Waals surface area contributed by atoms with Gasteiger partial charge in [-0.1, -0.05) is 11.6 Å². The number of rotatable bonds is 3. The van der Waals surface area contributed by atoms with Gasteiger partial charge in [0.15, 0.2) is 0 Å². The van der Waals surface area contributed by atoms with Gasteiger partial charge >= 0.3 is 0 Å². The summed E-state index contributed by atoms with van der Waals surface area (Å²) in [5.41, 5.74) is 2.28. The van der Waals surface area contributed by atoms with Gasteiger partial charge in [0.05, 0.1) is 0 Å². The van der Waals surface area contributed by atoms with Crippen LogP contribution >= 0.6 is 22.9 Å². The summed E-state index contributed by atoms with van der Waals surface area (Å²) in [6.07, 6.45) is 3.59. The fourth-order valence-electron chi connectivity index (χ4n) is 2.63. The Morgan fingerprint density at radius 3 is 3.16 bits per heavy atom. The van der Waals surface area contributed by atoms with Gasteiger partial charge in [0, 0.05) is 28.0 Å². The van der Waals surface area contributed by atoms with Crippen LogP contribution in [-0.4, -0.2) is 5.11 Å². The molecule has 1 atom stereocenters. The molecule has 0 spiro atoms. The molecule has 1 aromatic carbocycles. The highest BCUT2D eigenvalue weighted by atomic mass is 35.5. The van der Waals surface area contributed by atoms with Gasteiger partial charge in [0.1, 0.15) is 5.75 Å². The number of hydrogen-bond donors (Lipinski definition) is 2. The Hall–Kier alpha value is -1.03. The molecule has 0 bridgehead atoms. The molecular weight excluding hydrogens is 278 g/mol. The van der Waals surface area contributed by atoms with E-state index in [1.54, 1.807) is 12.1 Å². The third-order valence-electron chi connectivity index (χ3n) is 3.63. The smallest absolute Gasteiger partial charge is 0.120 e. The molecule has 19 heavy (non-hydrogen) atoms. The summed E-state index contributed by atoms with van der Waals surface area (Å²) in [7, 11) is 0. The van der Waals surface area contributed by atoms with E-state index in [2.05, 4.69) is 16.8 Å². The monoisotopic (exact) mass is 293 g/mol. The topological polar surface area (TPSA) is 32.3 Å². The molecule has 2 nitrogen and oxygen atoms in total. The van der Waals surface area contributed by atoms with Crippen molar-refractivity contribution in [2.75, 3.05) is 0 Å². The van der Waals surface area contributed by atoms with Crippen molar-refractivity contribution in [1.29, 1.82) is 0 Å². The van der Waals surface area contributed by atoms with E-state index in [1.807, 2.05) is 17.4 Å². The van der Waals surface area contributed by atoms with Gasteiger partial charge < -0.3 is 10.4 Å². The summed E-state index contributed by atoms with van der Waals surface area (Å²) in [5, 5.41) is 16.2. The molecule has 3 rings (SSSR count). The molecule has 4 heteroatoms. The quantitative estimate of drug-likeness (QED) is 0.885. The Morgan fingerprint density at radius 1 is 1.37 bits per heavy atom. The lowest BCUT2D eigenvalue weighted by Crippen LogP contribution is -2.23. The maximum Gasteiger partial charge on any atom is 0.120 e. The second-order valence-electron chi connectivity index (χ2n) is 4.90. The number of aryl methyl sites for hydroxylation is 1. The minimum atomic E-state index is 0.304. The number of fused-ring (bicyclic) bond motifs is 1. The van der Waals surface area contributed by atoms with Crippen LogP contribution in [0.2, 0.25) is 5.02 Å². The van der Waals surface area contributed by atoms with Crippen molar-refractivity contribution in [2.24, 2.45) is 0 Å². The van der Waals surface area contributed by atoms with Crippen molar-refractivity contribution in [3.63, 3.8) is 0 Å². The molecule has 0 aliphatic heterocycles. The Kier molecular flexibility index (Phi) is 3.78. The van der Waals surface area contributed by atoms with Crippen molar-refractivity contribution in [1.82, 2.24) is 5.32 Å². The summed E-state index contributed by atoms with van der Waals surface area (Å²) >= 11 is 7.81. The molecule has 0 saturated carbocycles. The predicted octanol–water partition coefficient (Wildman–Crippen LogP) is 4.27. The Bertz CT molecular complexity index is 581. The number of aromatic hydroxyl groups is 1. The van der Waals surface area contributed by atoms with Crippen molar-refractivity contribution in [2.45, 2.75) is 31.8 Å². The summed E-state index contributed by atoms with van der Waals surface area (Å²) in [5.74, 6) is 0.304. The van der Waals surface area contributed by atoms with E-state index in [-0.39, 0.29) is 0 Å². The predicted molar refractivity (Wildman–Crippen MR) is 80.0 cm³/mol. The highest BCUT2D eigenvalue weighted by Gasteiger charge is 2.20. The fraction of sp³-hybridized carbons (Fsp3) is 0.333. The summed E-state index contributed by atoms with van der Waals surface area (Å²) in [4.78, 5) is 1.50. The summed E-state index contributed by atoms with van der Waals surface area (Å²) in [6, 6.07) is 7.79. The molecule has 0 radical (unpaired) electrons. The third kappa shape index (κ3) is 2.78. The van der Waals surface area contributed by atoms with Crippen LogP contribution in [0.4, 0.5) is 0 Å². The van der Waals surface area contributed by atoms with Crippen LogP contribution in [0.5, 0.6) is 5.75 Å². The van der Waals surface area contributed by atoms with Crippen LogP contribution in [0, 0.1) is 0 Å². The zero-order chi connectivity index (χ0) is 13.2. The van der Waals surface area contributed by atoms with Crippen molar-refractivity contribution in [3.05, 3.63) is 50.7 Å². The zero-order valence-electron chi connectivity index (χ0n) is 10.5. The molecule has 0 fully saturated rings. The number of halogens is 1. The molecule has 1 aliphatic rings. The van der Waals surface area contributed by atoms with Gasteiger partial charge in [-0.05, 0) is 54.5 Å². The van der Waals surface area contributed by atoms with Crippen molar-refractivity contribution >= 4 is 22.9 Å². The fourth-order valence-corrected chi connectivity index (χ4v) is 3.81. The van der Waals surface area contributed by atoms with Gasteiger partial charge in [-0.3, -0.25) is 0 Å². The molecule has 1 aliphatic carbocycles. The van der Waals surface area contributed by atoms with E-state index in [0.717, 1.165) is 12.0 Å². The van der Waals surface area contributed by atoms with E-state index in [1.165, 1.54) is 23.3 Å². The molecule has 0 saturated heterocycles. The average Bonchev–Trinajstić information content (AvgIpc) is 2.88. The first-order valence-electron chi connectivity index (χ1n) is 6.51. The number of hydrogen-bond acceptors (Lipinski definition) is 3. The normalized spacial score (nSPS) is 18.3. The zero-order valence-corrected chi connectivity index (χ0v) is 12.1. The lowest BCUT2D eigenvalue weighted by molar-refractivity contribution is 0.440. The molecule has 1 aromatic heterocycles. The van der Waals surface area contributed by atoms with E-state index in [9.17, 15) is 5.11 Å². The Balaban J connectivity index is 1.72. The lowest BCUT2D eigenvalue weighted by Gasteiger charge is -2.24. The van der Waals surface area contributed by atoms with Crippen LogP contribution < -0.4 is 5.32 Å². The molecule has 1 heterocycles. The van der Waals surface area contributed by atoms with Crippen molar-refractivity contribution < 1.29 is 5.11 Å². The number of phenols is 1. The van der Waals surface area contributed by atoms with Crippen LogP contribution in [0.1, 0.15) is 34.9 Å². The number of thiophene rings is 1. The van der Waals surface area contributed by atoms with E-state index >= 15 is 0 Å². The maximum absolute atomic E-state index is 9.82. The molecule has 0 amide bonds. The van der Waals surface area contributed by atoms with Gasteiger partial charge in [0.25, 0.3) is 0 Å². The molecular formula is C15H16ClNOS. The van der Waals surface area contributed by atoms with Crippen LogP contribution in [0.3, 0.4) is 0 Å². The summed E-state index contributed by atoms with van der Waals surface area (Å²) < 4.78 is 0. The van der Waals surface area contributed by atoms with Crippen LogP contribution in [0.15, 0.2) is 29.6 Å². The number of phenolic OH excluding ortho intramolecular Hbond substituents is 1. The first-order chi connectivity index (χ1) is 9.24. The minimum Gasteiger partial charge on any atom is -0.508 e. The maximum atomic E-state index is 9.82. The van der Waals surface area contributed by atoms with Crippen LogP contribution in [-0.2, 0) is 13.0 Å². The highest BCUT2D eigenvalue weighted by Crippen LogP contribution is 2.33. The van der Waals surface area contributed by atoms with E-state index in [0.29, 0.717) is 23.4 Å². The standard InChI is InChI=1S/C15H16ClNOS/c16-11-4-5-14(18)10(8-11)9-17-13-2-1-3-15-12(13)6-7-19-15/h4-8,13,17-18H,1-3,9H2. The summed E-state index contributed by atoms with van der Waals surface area (Å²) in [6.45, 7) is 0.645. The lowest BCUT2D eigenvalue weighted by atomic mass is 9.94. The number of benzene rings is 1. The first kappa shape index (κ1) is 13.0. The third-order valence-corrected chi connectivity index (χ3v) is 4.86. The minimum absolute atomic E-state index is 0.304. The SMILES string of the molecule is Oc1ccc(Cl)cc1CNC1CCCc2sccc21. The van der Waals surface area contributed by atoms with Gasteiger partial charge in [0.2, 0.25) is 0 Å². The van der Waals surface area contributed by atoms with Gasteiger partial charge in [-0.25, -0.2) is 0 Å². The van der Waals surface area contributed by atoms with Crippen LogP contribution in [0.25, 0.3) is 0 Å². The first-order valence-corrected chi connectivity index (χ1v) is 7.77. The molecule has 2 aromatic rings. The van der Waals surface area contributed by atoms with Crippen molar-refractivity contribution in [3.8, 4) is 5.75 Å². The van der Waals surface area contributed by atoms with Gasteiger partial charge in [-0.2, -0.15) is 0 Å². The second kappa shape index (κ2) is 5.53. The van der Waals surface area contributed by atoms with Gasteiger partial charge in [-0.15, -0.1) is 11.3 Å².